The summed E-state index contributed by atoms with van der Waals surface area (Å²) in [5, 5.41) is 23.8. The van der Waals surface area contributed by atoms with Crippen molar-refractivity contribution in [3.8, 4) is 0 Å². The van der Waals surface area contributed by atoms with Gasteiger partial charge in [0.2, 0.25) is 0 Å². The largest absolute Gasteiger partial charge is 0.383 e. The second-order valence-electron chi connectivity index (χ2n) is 4.16. The van der Waals surface area contributed by atoms with Crippen molar-refractivity contribution in [2.75, 3.05) is 18.9 Å². The van der Waals surface area contributed by atoms with Crippen molar-refractivity contribution in [2.24, 2.45) is 0 Å². The molecule has 0 unspecified atom stereocenters. The first-order chi connectivity index (χ1) is 10.1. The molecule has 0 aliphatic rings. The van der Waals surface area contributed by atoms with E-state index in [1.54, 1.807) is 17.1 Å². The third-order valence-corrected chi connectivity index (χ3v) is 2.81. The molecule has 0 radical (unpaired) electrons. The number of non-ortho nitro benzene ring substituents is 1. The topological polar surface area (TPSA) is 115 Å². The molecule has 2 N–H and O–H groups in total. The van der Waals surface area contributed by atoms with Crippen molar-refractivity contribution in [3.05, 3.63) is 46.3 Å². The van der Waals surface area contributed by atoms with E-state index in [-0.39, 0.29) is 17.2 Å². The third kappa shape index (κ3) is 3.53. The molecule has 110 valence electrons. The number of nitrogens with one attached hydrogen (secondary N) is 2. The van der Waals surface area contributed by atoms with Crippen molar-refractivity contribution in [2.45, 2.75) is 6.54 Å². The highest BCUT2D eigenvalue weighted by Gasteiger charge is 2.15. The number of nitrogens with zero attached hydrogens (tertiary/aromatic N) is 4. The Labute approximate surface area is 120 Å². The van der Waals surface area contributed by atoms with E-state index >= 15 is 0 Å². The lowest BCUT2D eigenvalue weighted by Gasteiger charge is -2.11. The van der Waals surface area contributed by atoms with Gasteiger partial charge in [-0.2, -0.15) is 0 Å². The molecule has 0 aliphatic heterocycles. The van der Waals surface area contributed by atoms with Crippen LogP contribution < -0.4 is 10.6 Å². The first-order valence-electron chi connectivity index (χ1n) is 6.20. The number of carbonyl (C=O) groups is 1. The first kappa shape index (κ1) is 14.4. The van der Waals surface area contributed by atoms with Crippen LogP contribution in [0.15, 0.2) is 30.6 Å². The number of hydrogen-bond acceptors (Lipinski definition) is 6. The molecule has 0 bridgehead atoms. The van der Waals surface area contributed by atoms with Crippen LogP contribution in [0.1, 0.15) is 10.4 Å². The fourth-order valence-electron chi connectivity index (χ4n) is 1.78. The van der Waals surface area contributed by atoms with Crippen LogP contribution >= 0.6 is 0 Å². The Morgan fingerprint density at radius 3 is 2.90 bits per heavy atom. The second-order valence-corrected chi connectivity index (χ2v) is 4.16. The van der Waals surface area contributed by atoms with Crippen LogP contribution in [0.4, 0.5) is 11.4 Å². The number of carbonyl (C=O) groups excluding carboxylic acids is 1. The maximum atomic E-state index is 11.8. The van der Waals surface area contributed by atoms with Gasteiger partial charge >= 0.3 is 0 Å². The zero-order valence-corrected chi connectivity index (χ0v) is 11.3. The molecule has 1 heterocycles. The molecule has 0 aliphatic carbocycles. The van der Waals surface area contributed by atoms with E-state index in [1.807, 2.05) is 0 Å². The molecule has 0 atom stereocenters. The predicted molar refractivity (Wildman–Crippen MR) is 75.0 cm³/mol. The lowest BCUT2D eigenvalue weighted by Crippen LogP contribution is -2.21. The molecule has 2 rings (SSSR count). The van der Waals surface area contributed by atoms with Gasteiger partial charge in [-0.15, -0.1) is 5.10 Å². The van der Waals surface area contributed by atoms with Gasteiger partial charge in [0.25, 0.3) is 11.6 Å². The Kier molecular flexibility index (Phi) is 4.44. The van der Waals surface area contributed by atoms with Gasteiger partial charge in [0.1, 0.15) is 0 Å². The Morgan fingerprint density at radius 1 is 1.48 bits per heavy atom. The first-order valence-corrected chi connectivity index (χ1v) is 6.20. The molecule has 21 heavy (non-hydrogen) atoms. The summed E-state index contributed by atoms with van der Waals surface area (Å²) in [5.74, 6) is -0.387. The molecule has 0 fully saturated rings. The predicted octanol–water partition coefficient (Wildman–Crippen LogP) is 0.658. The number of benzene rings is 1. The fourth-order valence-corrected chi connectivity index (χ4v) is 1.78. The van der Waals surface area contributed by atoms with E-state index in [0.717, 1.165) is 0 Å². The van der Waals surface area contributed by atoms with Gasteiger partial charge in [0.15, 0.2) is 0 Å². The maximum Gasteiger partial charge on any atom is 0.270 e. The fraction of sp³-hybridized carbons (Fsp3) is 0.250. The van der Waals surface area contributed by atoms with E-state index in [1.165, 1.54) is 25.2 Å². The number of amides is 1. The number of aromatic nitrogens is 3. The van der Waals surface area contributed by atoms with E-state index in [9.17, 15) is 14.9 Å². The van der Waals surface area contributed by atoms with Crippen LogP contribution in [0.2, 0.25) is 0 Å². The number of nitro groups is 1. The van der Waals surface area contributed by atoms with Gasteiger partial charge in [-0.1, -0.05) is 5.21 Å². The van der Waals surface area contributed by atoms with Gasteiger partial charge in [-0.05, 0) is 6.07 Å². The average Bonchev–Trinajstić information content (AvgIpc) is 2.99. The zero-order chi connectivity index (χ0) is 15.2. The van der Waals surface area contributed by atoms with Crippen LogP contribution in [0.3, 0.4) is 0 Å². The maximum absolute atomic E-state index is 11.8. The molecule has 2 aromatic rings. The summed E-state index contributed by atoms with van der Waals surface area (Å²) < 4.78 is 1.64. The molecule has 1 aromatic carbocycles. The number of nitro benzene ring substituents is 1. The van der Waals surface area contributed by atoms with Crippen molar-refractivity contribution >= 4 is 17.3 Å². The summed E-state index contributed by atoms with van der Waals surface area (Å²) in [6.07, 6.45) is 3.29. The third-order valence-electron chi connectivity index (χ3n) is 2.81. The Morgan fingerprint density at radius 2 is 2.29 bits per heavy atom. The zero-order valence-electron chi connectivity index (χ0n) is 11.3. The monoisotopic (exact) mass is 290 g/mol. The van der Waals surface area contributed by atoms with Crippen molar-refractivity contribution in [1.29, 1.82) is 0 Å². The quantitative estimate of drug-likeness (QED) is 0.596. The van der Waals surface area contributed by atoms with Crippen LogP contribution in [-0.2, 0) is 6.54 Å². The normalized spacial score (nSPS) is 10.1. The summed E-state index contributed by atoms with van der Waals surface area (Å²) in [6, 6.07) is 4.12. The number of rotatable bonds is 6. The summed E-state index contributed by atoms with van der Waals surface area (Å²) in [5.41, 5.74) is 0.626. The van der Waals surface area contributed by atoms with E-state index in [0.29, 0.717) is 18.8 Å². The lowest BCUT2D eigenvalue weighted by atomic mass is 10.1. The highest BCUT2D eigenvalue weighted by molar-refractivity contribution is 6.00. The standard InChI is InChI=1S/C12H14N6O3/c1-13-12(19)10-8-9(18(20)21)2-3-11(10)14-4-6-17-7-5-15-16-17/h2-3,5,7-8,14H,4,6H2,1H3,(H,13,19). The van der Waals surface area contributed by atoms with Gasteiger partial charge in [-0.25, -0.2) is 0 Å². The van der Waals surface area contributed by atoms with Gasteiger partial charge in [0.05, 0.1) is 23.2 Å². The molecule has 1 amide bonds. The molecule has 1 aromatic heterocycles. The van der Waals surface area contributed by atoms with Crippen molar-refractivity contribution in [1.82, 2.24) is 20.3 Å². The van der Waals surface area contributed by atoms with Crippen LogP contribution in [-0.4, -0.2) is 39.4 Å². The summed E-state index contributed by atoms with van der Waals surface area (Å²) in [6.45, 7) is 1.06. The summed E-state index contributed by atoms with van der Waals surface area (Å²) in [4.78, 5) is 22.0. The molecule has 0 saturated heterocycles. The number of hydrogen-bond donors (Lipinski definition) is 2. The molecular formula is C12H14N6O3. The SMILES string of the molecule is CNC(=O)c1cc([N+](=O)[O-])ccc1NCCn1ccnn1. The van der Waals surface area contributed by atoms with Crippen molar-refractivity contribution in [3.63, 3.8) is 0 Å². The van der Waals surface area contributed by atoms with Crippen LogP contribution in [0.25, 0.3) is 0 Å². The highest BCUT2D eigenvalue weighted by Crippen LogP contribution is 2.22. The minimum absolute atomic E-state index is 0.129. The molecule has 9 nitrogen and oxygen atoms in total. The summed E-state index contributed by atoms with van der Waals surface area (Å²) in [7, 11) is 1.47. The van der Waals surface area contributed by atoms with Gasteiger partial charge in [-0.3, -0.25) is 19.6 Å². The minimum atomic E-state index is -0.536. The minimum Gasteiger partial charge on any atom is -0.383 e. The molecule has 0 spiro atoms. The molecular weight excluding hydrogens is 276 g/mol. The molecule has 9 heteroatoms. The van der Waals surface area contributed by atoms with E-state index < -0.39 is 4.92 Å². The number of anilines is 1. The van der Waals surface area contributed by atoms with Gasteiger partial charge in [0, 0.05) is 37.6 Å². The molecule has 0 saturated carbocycles. The van der Waals surface area contributed by atoms with Crippen LogP contribution in [0.5, 0.6) is 0 Å². The summed E-state index contributed by atoms with van der Waals surface area (Å²) >= 11 is 0. The highest BCUT2D eigenvalue weighted by atomic mass is 16.6. The smallest absolute Gasteiger partial charge is 0.270 e. The lowest BCUT2D eigenvalue weighted by molar-refractivity contribution is -0.384. The van der Waals surface area contributed by atoms with Gasteiger partial charge < -0.3 is 10.6 Å². The average molecular weight is 290 g/mol. The van der Waals surface area contributed by atoms with E-state index in [2.05, 4.69) is 20.9 Å². The Bertz CT molecular complexity index is 640. The second kappa shape index (κ2) is 6.46. The van der Waals surface area contributed by atoms with Crippen molar-refractivity contribution < 1.29 is 9.72 Å². The van der Waals surface area contributed by atoms with E-state index in [4.69, 9.17) is 0 Å². The van der Waals surface area contributed by atoms with Crippen LogP contribution in [0, 0.1) is 10.1 Å². The Hall–Kier alpha value is -2.97. The Balaban J connectivity index is 2.13.